The Balaban J connectivity index is 1.23. The van der Waals surface area contributed by atoms with Gasteiger partial charge in [-0.3, -0.25) is 0 Å². The molecular formula is C36H45N5OS. The lowest BCUT2D eigenvalue weighted by Gasteiger charge is -2.36. The largest absolute Gasteiger partial charge is 0.352 e. The van der Waals surface area contributed by atoms with Crippen LogP contribution in [0.1, 0.15) is 85.8 Å². The number of nitrogens with one attached hydrogen (secondary N) is 1. The van der Waals surface area contributed by atoms with Gasteiger partial charge in [-0.2, -0.15) is 0 Å². The monoisotopic (exact) mass is 595 g/mol. The summed E-state index contributed by atoms with van der Waals surface area (Å²) >= 11 is 1.88. The molecule has 0 radical (unpaired) electrons. The molecule has 43 heavy (non-hydrogen) atoms. The molecule has 1 fully saturated rings. The molecule has 1 N–H and O–H groups in total. The van der Waals surface area contributed by atoms with Gasteiger partial charge in [0.05, 0.1) is 5.39 Å². The Kier molecular flexibility index (Phi) is 8.71. The fraction of sp³-hybridized carbons (Fsp3) is 0.472. The molecule has 1 unspecified atom stereocenters. The maximum atomic E-state index is 13.6. The van der Waals surface area contributed by atoms with E-state index in [-0.39, 0.29) is 6.03 Å². The van der Waals surface area contributed by atoms with Crippen molar-refractivity contribution < 1.29 is 4.79 Å². The number of hydrogen-bond donors (Lipinski definition) is 1. The number of aryl methyl sites for hydroxylation is 3. The molecule has 0 bridgehead atoms. The average Bonchev–Trinajstić information content (AvgIpc) is 3.37. The molecule has 0 saturated carbocycles. The third-order valence-corrected chi connectivity index (χ3v) is 10.3. The maximum absolute atomic E-state index is 13.6. The van der Waals surface area contributed by atoms with Crippen LogP contribution < -0.4 is 10.2 Å². The highest BCUT2D eigenvalue weighted by molar-refractivity contribution is 7.19. The van der Waals surface area contributed by atoms with Gasteiger partial charge in [0, 0.05) is 43.2 Å². The molecule has 7 heteroatoms. The van der Waals surface area contributed by atoms with Gasteiger partial charge in [0.1, 0.15) is 16.5 Å². The van der Waals surface area contributed by atoms with E-state index in [1.165, 1.54) is 38.9 Å². The average molecular weight is 596 g/mol. The van der Waals surface area contributed by atoms with Crippen LogP contribution in [-0.2, 0) is 25.7 Å². The van der Waals surface area contributed by atoms with Gasteiger partial charge in [0.2, 0.25) is 0 Å². The lowest BCUT2D eigenvalue weighted by molar-refractivity contribution is 0.208. The van der Waals surface area contributed by atoms with Gasteiger partial charge in [0.15, 0.2) is 0 Å². The Bertz CT molecular complexity index is 1560. The summed E-state index contributed by atoms with van der Waals surface area (Å²) in [4.78, 5) is 31.0. The molecule has 2 aromatic heterocycles. The van der Waals surface area contributed by atoms with E-state index in [2.05, 4.69) is 93.4 Å². The van der Waals surface area contributed by atoms with Crippen LogP contribution in [0.5, 0.6) is 0 Å². The molecule has 1 aliphatic carbocycles. The standard InChI is InChI=1S/C36H45N5OS/c1-23(2)27-12-9-13-28(24(3)4)33(27)39-36(42)41-20-18-40(19-21-41)34-32-29-16-14-25(5)22-30(29)43-35(32)38-31(37-34)17-15-26-10-7-6-8-11-26/h6-13,23-25H,14-22H2,1-5H3,(H,39,42). The molecule has 6 nitrogen and oxygen atoms in total. The summed E-state index contributed by atoms with van der Waals surface area (Å²) in [5, 5.41) is 4.59. The molecule has 2 amide bonds. The Morgan fingerprint density at radius 1 is 0.930 bits per heavy atom. The number of amides is 2. The number of thiophene rings is 1. The number of aromatic nitrogens is 2. The van der Waals surface area contributed by atoms with E-state index in [0.29, 0.717) is 30.8 Å². The summed E-state index contributed by atoms with van der Waals surface area (Å²) in [5.41, 5.74) is 6.16. The summed E-state index contributed by atoms with van der Waals surface area (Å²) in [6.07, 6.45) is 5.21. The van der Waals surface area contributed by atoms with Crippen LogP contribution >= 0.6 is 11.3 Å². The van der Waals surface area contributed by atoms with E-state index in [9.17, 15) is 4.79 Å². The van der Waals surface area contributed by atoms with E-state index in [4.69, 9.17) is 9.97 Å². The van der Waals surface area contributed by atoms with Gasteiger partial charge in [-0.1, -0.05) is 83.1 Å². The van der Waals surface area contributed by atoms with Crippen molar-refractivity contribution in [1.82, 2.24) is 14.9 Å². The first-order chi connectivity index (χ1) is 20.8. The van der Waals surface area contributed by atoms with Crippen LogP contribution in [0.25, 0.3) is 10.2 Å². The summed E-state index contributed by atoms with van der Waals surface area (Å²) in [6, 6.07) is 17.0. The second-order valence-corrected chi connectivity index (χ2v) is 14.1. The smallest absolute Gasteiger partial charge is 0.321 e. The fourth-order valence-corrected chi connectivity index (χ4v) is 8.01. The number of rotatable bonds is 7. The van der Waals surface area contributed by atoms with Crippen molar-refractivity contribution in [2.24, 2.45) is 5.92 Å². The van der Waals surface area contributed by atoms with E-state index in [1.54, 1.807) is 0 Å². The van der Waals surface area contributed by atoms with Gasteiger partial charge in [-0.25, -0.2) is 14.8 Å². The van der Waals surface area contributed by atoms with Gasteiger partial charge in [-0.05, 0) is 65.7 Å². The minimum atomic E-state index is -0.00654. The minimum Gasteiger partial charge on any atom is -0.352 e. The number of carbonyl (C=O) groups is 1. The van der Waals surface area contributed by atoms with Crippen molar-refractivity contribution in [3.8, 4) is 0 Å². The third-order valence-electron chi connectivity index (χ3n) is 9.13. The van der Waals surface area contributed by atoms with E-state index >= 15 is 0 Å². The number of para-hydroxylation sites is 1. The zero-order chi connectivity index (χ0) is 30.1. The zero-order valence-electron chi connectivity index (χ0n) is 26.3. The Hall–Kier alpha value is -3.45. The first-order valence-corrected chi connectivity index (χ1v) is 16.9. The van der Waals surface area contributed by atoms with Crippen molar-refractivity contribution in [3.63, 3.8) is 0 Å². The fourth-order valence-electron chi connectivity index (χ4n) is 6.61. The molecule has 6 rings (SSSR count). The predicted molar refractivity (Wildman–Crippen MR) is 180 cm³/mol. The van der Waals surface area contributed by atoms with Crippen molar-refractivity contribution in [2.75, 3.05) is 36.4 Å². The molecule has 4 aromatic rings. The third kappa shape index (κ3) is 6.28. The number of anilines is 2. The van der Waals surface area contributed by atoms with Crippen molar-refractivity contribution in [3.05, 3.63) is 81.5 Å². The first-order valence-electron chi connectivity index (χ1n) is 16.1. The van der Waals surface area contributed by atoms with Gasteiger partial charge < -0.3 is 15.1 Å². The highest BCUT2D eigenvalue weighted by Gasteiger charge is 2.29. The Labute approximate surface area is 260 Å². The van der Waals surface area contributed by atoms with Crippen LogP contribution in [-0.4, -0.2) is 47.1 Å². The van der Waals surface area contributed by atoms with Crippen LogP contribution in [0.2, 0.25) is 0 Å². The molecule has 1 atom stereocenters. The summed E-state index contributed by atoms with van der Waals surface area (Å²) < 4.78 is 0. The molecule has 226 valence electrons. The first kappa shape index (κ1) is 29.6. The molecule has 1 saturated heterocycles. The molecule has 2 aliphatic rings. The quantitative estimate of drug-likeness (QED) is 0.234. The van der Waals surface area contributed by atoms with Gasteiger partial charge >= 0.3 is 6.03 Å². The number of hydrogen-bond acceptors (Lipinski definition) is 5. The number of urea groups is 1. The topological polar surface area (TPSA) is 61.4 Å². The number of piperazine rings is 1. The highest BCUT2D eigenvalue weighted by Crippen LogP contribution is 2.41. The number of benzene rings is 2. The van der Waals surface area contributed by atoms with Crippen molar-refractivity contribution in [1.29, 1.82) is 0 Å². The van der Waals surface area contributed by atoms with Crippen LogP contribution in [0.4, 0.5) is 16.3 Å². The minimum absolute atomic E-state index is 0.00654. The second-order valence-electron chi connectivity index (χ2n) is 13.0. The van der Waals surface area contributed by atoms with E-state index in [1.807, 2.05) is 16.2 Å². The number of nitrogens with zero attached hydrogens (tertiary/aromatic N) is 4. The Morgan fingerprint density at radius 3 is 2.30 bits per heavy atom. The van der Waals surface area contributed by atoms with Crippen molar-refractivity contribution >= 4 is 39.1 Å². The lowest BCUT2D eigenvalue weighted by atomic mass is 9.89. The molecule has 2 aromatic carbocycles. The second kappa shape index (κ2) is 12.7. The van der Waals surface area contributed by atoms with Crippen LogP contribution in [0.3, 0.4) is 0 Å². The lowest BCUT2D eigenvalue weighted by Crippen LogP contribution is -2.50. The molecule has 1 aliphatic heterocycles. The van der Waals surface area contributed by atoms with E-state index < -0.39 is 0 Å². The SMILES string of the molecule is CC1CCc2c(sc3nc(CCc4ccccc4)nc(N4CCN(C(=O)Nc5c(C(C)C)cccc5C(C)C)CC4)c23)C1. The Morgan fingerprint density at radius 2 is 1.63 bits per heavy atom. The van der Waals surface area contributed by atoms with Crippen molar-refractivity contribution in [2.45, 2.75) is 78.6 Å². The van der Waals surface area contributed by atoms with Gasteiger partial charge in [-0.15, -0.1) is 11.3 Å². The number of fused-ring (bicyclic) bond motifs is 3. The predicted octanol–water partition coefficient (Wildman–Crippen LogP) is 8.20. The van der Waals surface area contributed by atoms with E-state index in [0.717, 1.165) is 60.9 Å². The molecule has 3 heterocycles. The maximum Gasteiger partial charge on any atom is 0.321 e. The summed E-state index contributed by atoms with van der Waals surface area (Å²) in [7, 11) is 0. The highest BCUT2D eigenvalue weighted by atomic mass is 32.1. The van der Waals surface area contributed by atoms with Gasteiger partial charge in [0.25, 0.3) is 0 Å². The normalized spacial score (nSPS) is 17.1. The molecule has 0 spiro atoms. The summed E-state index contributed by atoms with van der Waals surface area (Å²) in [6.45, 7) is 14.0. The van der Waals surface area contributed by atoms with Crippen LogP contribution in [0.15, 0.2) is 48.5 Å². The molecular weight excluding hydrogens is 550 g/mol. The van der Waals surface area contributed by atoms with Crippen LogP contribution in [0, 0.1) is 5.92 Å². The summed E-state index contributed by atoms with van der Waals surface area (Å²) in [5.74, 6) is 3.38. The zero-order valence-corrected chi connectivity index (χ0v) is 27.1. The number of carbonyl (C=O) groups excluding carboxylic acids is 1.